The number of aliphatic hydroxyl groups excluding tert-OH is 1. The quantitative estimate of drug-likeness (QED) is 0.901. The summed E-state index contributed by atoms with van der Waals surface area (Å²) in [5, 5.41) is 13.8. The Hall–Kier alpha value is -2.01. The maximum Gasteiger partial charge on any atom is 0.165 e. The number of aryl methyl sites for hydroxylation is 1. The molecule has 0 saturated heterocycles. The Morgan fingerprint density at radius 3 is 2.61 bits per heavy atom. The first kappa shape index (κ1) is 12.4. The van der Waals surface area contributed by atoms with E-state index in [2.05, 4.69) is 5.10 Å². The summed E-state index contributed by atoms with van der Waals surface area (Å²) in [5.41, 5.74) is 0.629. The molecule has 18 heavy (non-hydrogen) atoms. The minimum atomic E-state index is -0.673. The van der Waals surface area contributed by atoms with E-state index in [4.69, 9.17) is 9.47 Å². The van der Waals surface area contributed by atoms with Gasteiger partial charge >= 0.3 is 0 Å². The van der Waals surface area contributed by atoms with Crippen LogP contribution in [-0.4, -0.2) is 22.0 Å². The van der Waals surface area contributed by atoms with Gasteiger partial charge in [-0.25, -0.2) is 0 Å². The smallest absolute Gasteiger partial charge is 0.165 e. The standard InChI is InChI=1S/C13H16N2O3/c1-9(16)13-11(17-3)5-4-6-12(13)18-10-7-14-15(2)8-10/h4-9,16H,1-3H3/t9-/m1/s1. The fourth-order valence-corrected chi connectivity index (χ4v) is 1.78. The van der Waals surface area contributed by atoms with E-state index in [1.165, 1.54) is 0 Å². The Labute approximate surface area is 106 Å². The lowest BCUT2D eigenvalue weighted by Gasteiger charge is -2.15. The molecule has 96 valence electrons. The normalized spacial score (nSPS) is 12.2. The number of methoxy groups -OCH3 is 1. The highest BCUT2D eigenvalue weighted by atomic mass is 16.5. The minimum Gasteiger partial charge on any atom is -0.496 e. The Morgan fingerprint density at radius 1 is 1.33 bits per heavy atom. The summed E-state index contributed by atoms with van der Waals surface area (Å²) >= 11 is 0. The fraction of sp³-hybridized carbons (Fsp3) is 0.308. The highest BCUT2D eigenvalue weighted by Crippen LogP contribution is 2.36. The summed E-state index contributed by atoms with van der Waals surface area (Å²) in [6.07, 6.45) is 2.70. The second-order valence-corrected chi connectivity index (χ2v) is 4.00. The Bertz CT molecular complexity index is 535. The van der Waals surface area contributed by atoms with Gasteiger partial charge in [0.2, 0.25) is 0 Å². The van der Waals surface area contributed by atoms with E-state index in [0.29, 0.717) is 22.8 Å². The van der Waals surface area contributed by atoms with Crippen molar-refractivity contribution in [3.63, 3.8) is 0 Å². The topological polar surface area (TPSA) is 56.5 Å². The maximum atomic E-state index is 9.82. The molecule has 0 spiro atoms. The van der Waals surface area contributed by atoms with Crippen molar-refractivity contribution >= 4 is 0 Å². The summed E-state index contributed by atoms with van der Waals surface area (Å²) in [6.45, 7) is 1.67. The van der Waals surface area contributed by atoms with Crippen LogP contribution in [0.1, 0.15) is 18.6 Å². The number of nitrogens with zero attached hydrogens (tertiary/aromatic N) is 2. The molecule has 1 heterocycles. The van der Waals surface area contributed by atoms with Crippen LogP contribution in [0, 0.1) is 0 Å². The van der Waals surface area contributed by atoms with E-state index in [1.807, 2.05) is 13.1 Å². The zero-order valence-electron chi connectivity index (χ0n) is 10.6. The predicted octanol–water partition coefficient (Wildman–Crippen LogP) is 2.27. The number of hydrogen-bond donors (Lipinski definition) is 1. The second kappa shape index (κ2) is 5.10. The van der Waals surface area contributed by atoms with E-state index in [-0.39, 0.29) is 0 Å². The molecule has 0 aliphatic carbocycles. The van der Waals surface area contributed by atoms with Crippen LogP contribution in [0.3, 0.4) is 0 Å². The Balaban J connectivity index is 2.37. The third-order valence-electron chi connectivity index (χ3n) is 2.57. The van der Waals surface area contributed by atoms with Crippen LogP contribution in [-0.2, 0) is 7.05 Å². The average molecular weight is 248 g/mol. The Morgan fingerprint density at radius 2 is 2.06 bits per heavy atom. The van der Waals surface area contributed by atoms with Gasteiger partial charge in [0.25, 0.3) is 0 Å². The molecular weight excluding hydrogens is 232 g/mol. The maximum absolute atomic E-state index is 9.82. The number of aromatic nitrogens is 2. The molecule has 1 atom stereocenters. The van der Waals surface area contributed by atoms with Gasteiger partial charge in [-0.2, -0.15) is 5.10 Å². The van der Waals surface area contributed by atoms with Gasteiger partial charge in [-0.15, -0.1) is 0 Å². The number of rotatable bonds is 4. The van der Waals surface area contributed by atoms with Crippen molar-refractivity contribution in [2.75, 3.05) is 7.11 Å². The highest BCUT2D eigenvalue weighted by molar-refractivity contribution is 5.47. The van der Waals surface area contributed by atoms with Crippen molar-refractivity contribution in [3.8, 4) is 17.2 Å². The molecule has 0 bridgehead atoms. The summed E-state index contributed by atoms with van der Waals surface area (Å²) < 4.78 is 12.6. The van der Waals surface area contributed by atoms with Crippen molar-refractivity contribution in [3.05, 3.63) is 36.2 Å². The molecule has 0 fully saturated rings. The third-order valence-corrected chi connectivity index (χ3v) is 2.57. The van der Waals surface area contributed by atoms with E-state index in [1.54, 1.807) is 43.2 Å². The Kier molecular flexibility index (Phi) is 3.53. The van der Waals surface area contributed by atoms with E-state index >= 15 is 0 Å². The van der Waals surface area contributed by atoms with Gasteiger partial charge in [0.15, 0.2) is 5.75 Å². The van der Waals surface area contributed by atoms with Crippen molar-refractivity contribution in [2.24, 2.45) is 7.05 Å². The van der Waals surface area contributed by atoms with Crippen molar-refractivity contribution in [2.45, 2.75) is 13.0 Å². The summed E-state index contributed by atoms with van der Waals surface area (Å²) in [6, 6.07) is 5.39. The fourth-order valence-electron chi connectivity index (χ4n) is 1.78. The summed E-state index contributed by atoms with van der Waals surface area (Å²) in [7, 11) is 3.38. The molecule has 5 nitrogen and oxygen atoms in total. The van der Waals surface area contributed by atoms with Gasteiger partial charge in [0, 0.05) is 7.05 Å². The number of hydrogen-bond acceptors (Lipinski definition) is 4. The van der Waals surface area contributed by atoms with Crippen LogP contribution in [0.2, 0.25) is 0 Å². The molecule has 1 aromatic heterocycles. The van der Waals surface area contributed by atoms with Gasteiger partial charge in [-0.05, 0) is 19.1 Å². The van der Waals surface area contributed by atoms with E-state index in [0.717, 1.165) is 0 Å². The van der Waals surface area contributed by atoms with Crippen LogP contribution in [0.15, 0.2) is 30.6 Å². The first-order chi connectivity index (χ1) is 8.61. The third kappa shape index (κ3) is 2.46. The van der Waals surface area contributed by atoms with Crippen LogP contribution in [0.25, 0.3) is 0 Å². The van der Waals surface area contributed by atoms with Crippen molar-refractivity contribution in [1.82, 2.24) is 9.78 Å². The average Bonchev–Trinajstić information content (AvgIpc) is 2.74. The van der Waals surface area contributed by atoms with Gasteiger partial charge in [0.1, 0.15) is 11.5 Å². The lowest BCUT2D eigenvalue weighted by atomic mass is 10.1. The van der Waals surface area contributed by atoms with Crippen LogP contribution in [0.4, 0.5) is 0 Å². The lowest BCUT2D eigenvalue weighted by molar-refractivity contribution is 0.190. The molecule has 2 rings (SSSR count). The number of aliphatic hydroxyl groups is 1. The molecule has 0 radical (unpaired) electrons. The van der Waals surface area contributed by atoms with Crippen LogP contribution < -0.4 is 9.47 Å². The first-order valence-corrected chi connectivity index (χ1v) is 5.63. The molecule has 0 aliphatic rings. The van der Waals surface area contributed by atoms with Crippen LogP contribution >= 0.6 is 0 Å². The molecule has 0 aliphatic heterocycles. The minimum absolute atomic E-state index is 0.567. The molecule has 1 N–H and O–H groups in total. The zero-order chi connectivity index (χ0) is 13.1. The van der Waals surface area contributed by atoms with Crippen molar-refractivity contribution < 1.29 is 14.6 Å². The van der Waals surface area contributed by atoms with Gasteiger partial charge < -0.3 is 14.6 Å². The molecule has 0 amide bonds. The number of benzene rings is 1. The summed E-state index contributed by atoms with van der Waals surface area (Å²) in [5.74, 6) is 1.79. The molecule has 0 unspecified atom stereocenters. The lowest BCUT2D eigenvalue weighted by Crippen LogP contribution is -1.99. The van der Waals surface area contributed by atoms with E-state index in [9.17, 15) is 5.11 Å². The second-order valence-electron chi connectivity index (χ2n) is 4.00. The van der Waals surface area contributed by atoms with E-state index < -0.39 is 6.10 Å². The largest absolute Gasteiger partial charge is 0.496 e. The molecule has 2 aromatic rings. The van der Waals surface area contributed by atoms with Gasteiger partial charge in [-0.1, -0.05) is 6.07 Å². The SMILES string of the molecule is COc1cccc(Oc2cnn(C)c2)c1[C@@H](C)O. The van der Waals surface area contributed by atoms with Crippen LogP contribution in [0.5, 0.6) is 17.2 Å². The highest BCUT2D eigenvalue weighted by Gasteiger charge is 2.16. The van der Waals surface area contributed by atoms with Crippen molar-refractivity contribution in [1.29, 1.82) is 0 Å². The van der Waals surface area contributed by atoms with Gasteiger partial charge in [0.05, 0.1) is 31.2 Å². The molecule has 1 aromatic carbocycles. The summed E-state index contributed by atoms with van der Waals surface area (Å²) in [4.78, 5) is 0. The predicted molar refractivity (Wildman–Crippen MR) is 66.9 cm³/mol. The molecule has 0 saturated carbocycles. The first-order valence-electron chi connectivity index (χ1n) is 5.63. The molecular formula is C13H16N2O3. The monoisotopic (exact) mass is 248 g/mol. The molecule has 5 heteroatoms. The number of ether oxygens (including phenoxy) is 2. The van der Waals surface area contributed by atoms with Gasteiger partial charge in [-0.3, -0.25) is 4.68 Å². The zero-order valence-corrected chi connectivity index (χ0v) is 10.6.